The van der Waals surface area contributed by atoms with Gasteiger partial charge in [-0.1, -0.05) is 0 Å². The fourth-order valence-corrected chi connectivity index (χ4v) is 2.72. The zero-order chi connectivity index (χ0) is 13.7. The molecule has 2 N–H and O–H groups in total. The van der Waals surface area contributed by atoms with Gasteiger partial charge in [-0.15, -0.1) is 4.28 Å². The second kappa shape index (κ2) is 4.19. The highest BCUT2D eigenvalue weighted by atomic mass is 32.3. The van der Waals surface area contributed by atoms with E-state index >= 15 is 0 Å². The summed E-state index contributed by atoms with van der Waals surface area (Å²) < 4.78 is 34.4. The second-order valence-electron chi connectivity index (χ2n) is 4.34. The first-order valence-corrected chi connectivity index (χ1v) is 6.67. The largest absolute Gasteiger partial charge is 0.418 e. The molecular weight excluding hydrogens is 264 g/mol. The molecule has 8 nitrogen and oxygen atoms in total. The lowest BCUT2D eigenvalue weighted by Gasteiger charge is -2.31. The van der Waals surface area contributed by atoms with Gasteiger partial charge < -0.3 is 10.0 Å². The SMILES string of the molecule is CC1=C(C)[C@H]2CN(C(=O)N2OS(=O)(=O)O)[C@@H]1CO. The van der Waals surface area contributed by atoms with Gasteiger partial charge in [-0.2, -0.15) is 13.5 Å². The van der Waals surface area contributed by atoms with Crippen molar-refractivity contribution in [2.75, 3.05) is 13.2 Å². The normalized spacial score (nSPS) is 28.3. The molecule has 0 aromatic carbocycles. The quantitative estimate of drug-likeness (QED) is 0.534. The van der Waals surface area contributed by atoms with Crippen molar-refractivity contribution in [3.05, 3.63) is 11.1 Å². The maximum Gasteiger partial charge on any atom is 0.418 e. The molecule has 2 rings (SSSR count). The molecule has 9 heteroatoms. The van der Waals surface area contributed by atoms with Gasteiger partial charge in [0.2, 0.25) is 0 Å². The zero-order valence-electron chi connectivity index (χ0n) is 9.90. The summed E-state index contributed by atoms with van der Waals surface area (Å²) >= 11 is 0. The highest BCUT2D eigenvalue weighted by Gasteiger charge is 2.48. The number of fused-ring (bicyclic) bond motifs is 2. The molecule has 2 aliphatic heterocycles. The van der Waals surface area contributed by atoms with Crippen LogP contribution in [0.4, 0.5) is 4.79 Å². The molecule has 0 aromatic heterocycles. The summed E-state index contributed by atoms with van der Waals surface area (Å²) in [5.41, 5.74) is 1.54. The molecule has 1 saturated heterocycles. The maximum absolute atomic E-state index is 11.9. The third-order valence-electron chi connectivity index (χ3n) is 3.43. The van der Waals surface area contributed by atoms with Crippen LogP contribution in [0.2, 0.25) is 0 Å². The maximum atomic E-state index is 11.9. The second-order valence-corrected chi connectivity index (χ2v) is 5.35. The number of aliphatic hydroxyl groups excluding tert-OH is 1. The fraction of sp³-hybridized carbons (Fsp3) is 0.667. The van der Waals surface area contributed by atoms with Crippen molar-refractivity contribution in [2.45, 2.75) is 25.9 Å². The Hall–Kier alpha value is -1.16. The minimum atomic E-state index is -4.75. The number of nitrogens with zero attached hydrogens (tertiary/aromatic N) is 2. The van der Waals surface area contributed by atoms with Gasteiger partial charge in [0.15, 0.2) is 0 Å². The van der Waals surface area contributed by atoms with E-state index in [1.807, 2.05) is 0 Å². The van der Waals surface area contributed by atoms with E-state index in [4.69, 9.17) is 4.55 Å². The van der Waals surface area contributed by atoms with Gasteiger partial charge in [0.05, 0.1) is 19.2 Å². The number of urea groups is 1. The lowest BCUT2D eigenvalue weighted by atomic mass is 9.94. The van der Waals surface area contributed by atoms with Crippen LogP contribution < -0.4 is 0 Å². The summed E-state index contributed by atoms with van der Waals surface area (Å²) in [6.07, 6.45) is 0. The molecule has 2 atom stereocenters. The van der Waals surface area contributed by atoms with E-state index < -0.39 is 28.5 Å². The first kappa shape index (κ1) is 13.3. The topological polar surface area (TPSA) is 107 Å². The summed E-state index contributed by atoms with van der Waals surface area (Å²) in [5.74, 6) is 0. The minimum absolute atomic E-state index is 0.225. The van der Waals surface area contributed by atoms with E-state index in [0.29, 0.717) is 5.06 Å². The summed E-state index contributed by atoms with van der Waals surface area (Å²) in [4.78, 5) is 13.3. The first-order valence-electron chi connectivity index (χ1n) is 5.31. The average Bonchev–Trinajstić information content (AvgIpc) is 2.52. The van der Waals surface area contributed by atoms with Crippen molar-refractivity contribution >= 4 is 16.4 Å². The van der Waals surface area contributed by atoms with Crippen molar-refractivity contribution in [3.63, 3.8) is 0 Å². The smallest absolute Gasteiger partial charge is 0.394 e. The molecule has 2 aliphatic rings. The van der Waals surface area contributed by atoms with Crippen LogP contribution in [0.25, 0.3) is 0 Å². The average molecular weight is 278 g/mol. The van der Waals surface area contributed by atoms with E-state index in [1.54, 1.807) is 13.8 Å². The Balaban J connectivity index is 2.37. The highest BCUT2D eigenvalue weighted by molar-refractivity contribution is 7.80. The van der Waals surface area contributed by atoms with Crippen molar-refractivity contribution in [3.8, 4) is 0 Å². The molecule has 18 heavy (non-hydrogen) atoms. The van der Waals surface area contributed by atoms with Gasteiger partial charge in [-0.05, 0) is 25.0 Å². The number of carbonyl (C=O) groups is 1. The minimum Gasteiger partial charge on any atom is -0.394 e. The van der Waals surface area contributed by atoms with Crippen LogP contribution in [0.15, 0.2) is 11.1 Å². The van der Waals surface area contributed by atoms with E-state index in [1.165, 1.54) is 4.90 Å². The number of hydrogen-bond donors (Lipinski definition) is 2. The molecule has 0 aromatic rings. The van der Waals surface area contributed by atoms with Crippen LogP contribution in [0.3, 0.4) is 0 Å². The lowest BCUT2D eigenvalue weighted by Crippen LogP contribution is -2.43. The van der Waals surface area contributed by atoms with Gasteiger partial charge in [0.25, 0.3) is 0 Å². The van der Waals surface area contributed by atoms with Crippen LogP contribution in [0.5, 0.6) is 0 Å². The highest BCUT2D eigenvalue weighted by Crippen LogP contribution is 2.34. The Morgan fingerprint density at radius 3 is 2.50 bits per heavy atom. The summed E-state index contributed by atoms with van der Waals surface area (Å²) in [6.45, 7) is 3.47. The molecule has 2 bridgehead atoms. The van der Waals surface area contributed by atoms with E-state index in [-0.39, 0.29) is 13.2 Å². The number of hydrogen-bond acceptors (Lipinski definition) is 5. The zero-order valence-corrected chi connectivity index (χ0v) is 10.7. The van der Waals surface area contributed by atoms with E-state index in [2.05, 4.69) is 4.28 Å². The van der Waals surface area contributed by atoms with Gasteiger partial charge >= 0.3 is 16.4 Å². The standard InChI is InChI=1S/C9H14N2O6S/c1-5-6(2)8(4-12)10-3-7(5)11(9(10)13)17-18(14,15)16/h7-8,12H,3-4H2,1-2H3,(H,14,15,16)/t7-,8-/m1/s1. The van der Waals surface area contributed by atoms with Crippen LogP contribution in [0, 0.1) is 0 Å². The third-order valence-corrected chi connectivity index (χ3v) is 3.78. The lowest BCUT2D eigenvalue weighted by molar-refractivity contribution is -0.0213. The molecule has 2 heterocycles. The monoisotopic (exact) mass is 278 g/mol. The molecule has 1 fully saturated rings. The number of hydroxylamine groups is 2. The summed E-state index contributed by atoms with van der Waals surface area (Å²) in [5, 5.41) is 9.91. The van der Waals surface area contributed by atoms with Crippen molar-refractivity contribution < 1.29 is 27.2 Å². The molecule has 102 valence electrons. The number of rotatable bonds is 3. The van der Waals surface area contributed by atoms with Crippen molar-refractivity contribution in [1.29, 1.82) is 0 Å². The molecule has 0 spiro atoms. The molecule has 0 radical (unpaired) electrons. The van der Waals surface area contributed by atoms with Crippen LogP contribution in [-0.4, -0.2) is 59.3 Å². The van der Waals surface area contributed by atoms with Crippen LogP contribution in [-0.2, 0) is 14.7 Å². The Labute approximate surface area is 104 Å². The first-order chi connectivity index (χ1) is 8.26. The van der Waals surface area contributed by atoms with Gasteiger partial charge in [0.1, 0.15) is 6.04 Å². The molecule has 0 unspecified atom stereocenters. The Kier molecular flexibility index (Phi) is 3.09. The molecule has 2 amide bonds. The van der Waals surface area contributed by atoms with Crippen molar-refractivity contribution in [1.82, 2.24) is 9.96 Å². The van der Waals surface area contributed by atoms with Crippen LogP contribution >= 0.6 is 0 Å². The Morgan fingerprint density at radius 2 is 2.00 bits per heavy atom. The van der Waals surface area contributed by atoms with Crippen molar-refractivity contribution in [2.24, 2.45) is 0 Å². The Bertz CT molecular complexity index is 513. The van der Waals surface area contributed by atoms with Gasteiger partial charge in [-0.25, -0.2) is 4.79 Å². The number of carbonyl (C=O) groups excluding carboxylic acids is 1. The predicted molar refractivity (Wildman–Crippen MR) is 59.6 cm³/mol. The summed E-state index contributed by atoms with van der Waals surface area (Å²) in [7, 11) is -4.75. The van der Waals surface area contributed by atoms with E-state index in [9.17, 15) is 18.3 Å². The third kappa shape index (κ3) is 1.99. The fourth-order valence-electron chi connectivity index (χ4n) is 2.35. The molecular formula is C9H14N2O6S. The number of amides is 2. The van der Waals surface area contributed by atoms with Gasteiger partial charge in [0, 0.05) is 0 Å². The molecule has 0 saturated carbocycles. The Morgan fingerprint density at radius 1 is 1.39 bits per heavy atom. The van der Waals surface area contributed by atoms with Crippen LogP contribution in [0.1, 0.15) is 13.8 Å². The molecule has 0 aliphatic carbocycles. The van der Waals surface area contributed by atoms with E-state index in [0.717, 1.165) is 11.1 Å². The number of aliphatic hydroxyl groups is 1. The summed E-state index contributed by atoms with van der Waals surface area (Å²) in [6, 6.07) is -1.74. The van der Waals surface area contributed by atoms with Gasteiger partial charge in [-0.3, -0.25) is 4.55 Å². The predicted octanol–water partition coefficient (Wildman–Crippen LogP) is -0.462.